The molecule has 0 aliphatic carbocycles. The SMILES string of the molecule is COc1cc(/C=C2\SC(=S)N(c3ccccc3)C2=O)ccc1OCC(=O)Nc1ccc(C)c(Cl)c1. The van der Waals surface area contributed by atoms with Crippen molar-refractivity contribution >= 4 is 69.2 Å². The number of para-hydroxylation sites is 1. The lowest BCUT2D eigenvalue weighted by Gasteiger charge is -2.14. The number of halogens is 1. The Balaban J connectivity index is 1.44. The highest BCUT2D eigenvalue weighted by molar-refractivity contribution is 8.27. The van der Waals surface area contributed by atoms with Crippen LogP contribution in [0.5, 0.6) is 11.5 Å². The van der Waals surface area contributed by atoms with E-state index in [0.29, 0.717) is 31.4 Å². The monoisotopic (exact) mass is 524 g/mol. The van der Waals surface area contributed by atoms with Crippen molar-refractivity contribution in [2.45, 2.75) is 6.92 Å². The van der Waals surface area contributed by atoms with E-state index >= 15 is 0 Å². The van der Waals surface area contributed by atoms with E-state index in [1.54, 1.807) is 36.4 Å². The fourth-order valence-electron chi connectivity index (χ4n) is 3.32. The van der Waals surface area contributed by atoms with Gasteiger partial charge in [-0.15, -0.1) is 0 Å². The van der Waals surface area contributed by atoms with Crippen molar-refractivity contribution in [2.75, 3.05) is 23.9 Å². The van der Waals surface area contributed by atoms with Crippen LogP contribution in [0.1, 0.15) is 11.1 Å². The minimum atomic E-state index is -0.333. The lowest BCUT2D eigenvalue weighted by Crippen LogP contribution is -2.27. The third kappa shape index (κ3) is 5.85. The molecular weight excluding hydrogens is 504 g/mol. The molecule has 0 spiro atoms. The lowest BCUT2D eigenvalue weighted by molar-refractivity contribution is -0.118. The van der Waals surface area contributed by atoms with Gasteiger partial charge in [0.2, 0.25) is 0 Å². The lowest BCUT2D eigenvalue weighted by atomic mass is 10.2. The van der Waals surface area contributed by atoms with E-state index in [2.05, 4.69) is 5.32 Å². The average Bonchev–Trinajstić information content (AvgIpc) is 3.13. The number of ether oxygens (including phenoxy) is 2. The van der Waals surface area contributed by atoms with Crippen LogP contribution < -0.4 is 19.7 Å². The highest BCUT2D eigenvalue weighted by atomic mass is 35.5. The van der Waals surface area contributed by atoms with Gasteiger partial charge in [0.1, 0.15) is 0 Å². The molecule has 9 heteroatoms. The molecule has 1 aliphatic heterocycles. The molecule has 1 N–H and O–H groups in total. The van der Waals surface area contributed by atoms with Crippen LogP contribution in [-0.4, -0.2) is 29.9 Å². The molecule has 0 saturated carbocycles. The molecule has 0 bridgehead atoms. The summed E-state index contributed by atoms with van der Waals surface area (Å²) in [5, 5.41) is 3.32. The second-order valence-corrected chi connectivity index (χ2v) is 9.65. The third-order valence-corrected chi connectivity index (χ3v) is 6.82. The molecule has 1 heterocycles. The number of carbonyl (C=O) groups is 2. The van der Waals surface area contributed by atoms with Gasteiger partial charge in [-0.1, -0.05) is 65.9 Å². The Morgan fingerprint density at radius 1 is 1.11 bits per heavy atom. The van der Waals surface area contributed by atoms with Gasteiger partial charge in [0.05, 0.1) is 17.7 Å². The zero-order valence-corrected chi connectivity index (χ0v) is 21.3. The number of benzene rings is 3. The molecule has 3 aromatic carbocycles. The minimum absolute atomic E-state index is 0.182. The van der Waals surface area contributed by atoms with Crippen molar-refractivity contribution in [3.63, 3.8) is 0 Å². The molecule has 1 aliphatic rings. The first-order valence-electron chi connectivity index (χ1n) is 10.6. The molecule has 35 heavy (non-hydrogen) atoms. The molecule has 3 aromatic rings. The van der Waals surface area contributed by atoms with Crippen LogP contribution in [0.2, 0.25) is 5.02 Å². The van der Waals surface area contributed by atoms with Crippen molar-refractivity contribution in [3.05, 3.63) is 87.8 Å². The van der Waals surface area contributed by atoms with E-state index in [4.69, 9.17) is 33.3 Å². The van der Waals surface area contributed by atoms with Gasteiger partial charge in [0.25, 0.3) is 11.8 Å². The number of aryl methyl sites for hydroxylation is 1. The number of anilines is 2. The summed E-state index contributed by atoms with van der Waals surface area (Å²) in [5.41, 5.74) is 2.98. The van der Waals surface area contributed by atoms with Gasteiger partial charge >= 0.3 is 0 Å². The average molecular weight is 525 g/mol. The van der Waals surface area contributed by atoms with Crippen LogP contribution in [0.15, 0.2) is 71.6 Å². The molecular formula is C26H21ClN2O4S2. The first-order valence-corrected chi connectivity index (χ1v) is 12.2. The molecule has 4 rings (SSSR count). The van der Waals surface area contributed by atoms with Crippen LogP contribution in [0.25, 0.3) is 6.08 Å². The van der Waals surface area contributed by atoms with Crippen LogP contribution in [-0.2, 0) is 9.59 Å². The minimum Gasteiger partial charge on any atom is -0.493 e. The quantitative estimate of drug-likeness (QED) is 0.298. The number of thioether (sulfide) groups is 1. The van der Waals surface area contributed by atoms with Gasteiger partial charge in [-0.2, -0.15) is 0 Å². The Morgan fingerprint density at radius 2 is 1.89 bits per heavy atom. The Kier molecular flexibility index (Phi) is 7.75. The van der Waals surface area contributed by atoms with Gasteiger partial charge in [0.15, 0.2) is 22.4 Å². The topological polar surface area (TPSA) is 67.9 Å². The summed E-state index contributed by atoms with van der Waals surface area (Å²) < 4.78 is 11.6. The number of hydrogen-bond donors (Lipinski definition) is 1. The number of amides is 2. The molecule has 178 valence electrons. The van der Waals surface area contributed by atoms with E-state index in [1.165, 1.54) is 23.8 Å². The highest BCUT2D eigenvalue weighted by Crippen LogP contribution is 2.37. The Hall–Kier alpha value is -3.33. The Bertz CT molecular complexity index is 1330. The molecule has 0 unspecified atom stereocenters. The normalized spacial score (nSPS) is 14.4. The predicted octanol–water partition coefficient (Wildman–Crippen LogP) is 6.08. The summed E-state index contributed by atoms with van der Waals surface area (Å²) in [5.74, 6) is 0.320. The number of rotatable bonds is 7. The fraction of sp³-hybridized carbons (Fsp3) is 0.115. The summed E-state index contributed by atoms with van der Waals surface area (Å²) in [6.07, 6.45) is 1.75. The van der Waals surface area contributed by atoms with E-state index in [9.17, 15) is 9.59 Å². The maximum absolute atomic E-state index is 12.9. The van der Waals surface area contributed by atoms with Crippen molar-refractivity contribution in [3.8, 4) is 11.5 Å². The Morgan fingerprint density at radius 3 is 2.60 bits per heavy atom. The number of carbonyl (C=O) groups excluding carboxylic acids is 2. The summed E-state index contributed by atoms with van der Waals surface area (Å²) >= 11 is 12.8. The molecule has 1 saturated heterocycles. The van der Waals surface area contributed by atoms with Gasteiger partial charge < -0.3 is 14.8 Å². The summed E-state index contributed by atoms with van der Waals surface area (Å²) in [7, 11) is 1.51. The van der Waals surface area contributed by atoms with Crippen molar-refractivity contribution in [1.29, 1.82) is 0 Å². The molecule has 0 radical (unpaired) electrons. The first-order chi connectivity index (χ1) is 16.9. The van der Waals surface area contributed by atoms with Crippen LogP contribution >= 0.6 is 35.6 Å². The predicted molar refractivity (Wildman–Crippen MR) is 145 cm³/mol. The van der Waals surface area contributed by atoms with Crippen LogP contribution in [0.3, 0.4) is 0 Å². The summed E-state index contributed by atoms with van der Waals surface area (Å²) in [6, 6.07) is 19.8. The van der Waals surface area contributed by atoms with Gasteiger partial charge in [-0.25, -0.2) is 0 Å². The van der Waals surface area contributed by atoms with E-state index in [-0.39, 0.29) is 18.4 Å². The maximum atomic E-state index is 12.9. The van der Waals surface area contributed by atoms with Gasteiger partial charge in [-0.3, -0.25) is 14.5 Å². The van der Waals surface area contributed by atoms with E-state index in [0.717, 1.165) is 16.8 Å². The largest absolute Gasteiger partial charge is 0.493 e. The Labute approximate surface area is 217 Å². The number of methoxy groups -OCH3 is 1. The molecule has 2 amide bonds. The molecule has 1 fully saturated rings. The van der Waals surface area contributed by atoms with Crippen LogP contribution in [0.4, 0.5) is 11.4 Å². The first kappa shape index (κ1) is 24.8. The molecule has 6 nitrogen and oxygen atoms in total. The van der Waals surface area contributed by atoms with Gasteiger partial charge in [0, 0.05) is 10.7 Å². The summed E-state index contributed by atoms with van der Waals surface area (Å²) in [4.78, 5) is 27.3. The second-order valence-electron chi connectivity index (χ2n) is 7.56. The van der Waals surface area contributed by atoms with Crippen molar-refractivity contribution < 1.29 is 19.1 Å². The standard InChI is InChI=1S/C26H21ClN2O4S2/c1-16-8-10-18(14-20(16)27)28-24(30)15-33-21-11-9-17(12-22(21)32-2)13-23-25(31)29(26(34)35-23)19-6-4-3-5-7-19/h3-14H,15H2,1-2H3,(H,28,30)/b23-13-. The zero-order chi connectivity index (χ0) is 24.9. The maximum Gasteiger partial charge on any atom is 0.270 e. The molecule has 0 aromatic heterocycles. The van der Waals surface area contributed by atoms with Crippen molar-refractivity contribution in [2.24, 2.45) is 0 Å². The second kappa shape index (κ2) is 10.9. The number of nitrogens with zero attached hydrogens (tertiary/aromatic N) is 1. The van der Waals surface area contributed by atoms with E-state index in [1.807, 2.05) is 43.3 Å². The smallest absolute Gasteiger partial charge is 0.270 e. The summed E-state index contributed by atoms with van der Waals surface area (Å²) in [6.45, 7) is 1.68. The zero-order valence-electron chi connectivity index (χ0n) is 18.9. The molecule has 0 atom stereocenters. The number of hydrogen-bond acceptors (Lipinski definition) is 6. The number of thiocarbonyl (C=S) groups is 1. The van der Waals surface area contributed by atoms with E-state index < -0.39 is 0 Å². The van der Waals surface area contributed by atoms with Gasteiger partial charge in [-0.05, 0) is 60.5 Å². The highest BCUT2D eigenvalue weighted by Gasteiger charge is 2.33. The fourth-order valence-corrected chi connectivity index (χ4v) is 4.80. The number of nitrogens with one attached hydrogen (secondary N) is 1. The van der Waals surface area contributed by atoms with Crippen molar-refractivity contribution in [1.82, 2.24) is 0 Å². The van der Waals surface area contributed by atoms with Crippen LogP contribution in [0, 0.1) is 6.92 Å². The third-order valence-electron chi connectivity index (χ3n) is 5.11.